The minimum Gasteiger partial charge on any atom is -0.300 e. The first-order chi connectivity index (χ1) is 4.43. The number of rotatable bonds is 2. The second-order valence-corrected chi connectivity index (χ2v) is 1.67. The Labute approximate surface area is 77.7 Å². The molecule has 1 rings (SSSR count). The molecule has 0 aromatic carbocycles. The van der Waals surface area contributed by atoms with Crippen molar-refractivity contribution in [2.24, 2.45) is 5.90 Å². The van der Waals surface area contributed by atoms with E-state index in [1.807, 2.05) is 12.1 Å². The monoisotopic (exact) mass is 196 g/mol. The maximum absolute atomic E-state index is 4.83. The van der Waals surface area contributed by atoms with Gasteiger partial charge in [0.05, 0.1) is 6.61 Å². The second-order valence-electron chi connectivity index (χ2n) is 1.67. The fourth-order valence-electron chi connectivity index (χ4n) is 0.580. The van der Waals surface area contributed by atoms with Crippen molar-refractivity contribution >= 4 is 24.8 Å². The Hall–Kier alpha value is -0.350. The molecule has 64 valence electrons. The summed E-state index contributed by atoms with van der Waals surface area (Å²) in [5.41, 5.74) is 0.986. The first-order valence-electron chi connectivity index (χ1n) is 2.64. The largest absolute Gasteiger partial charge is 0.300 e. The number of pyridine rings is 1. The summed E-state index contributed by atoms with van der Waals surface area (Å²) in [6.45, 7) is 0.424. The molecular formula is C6H10Cl2N2O. The molecule has 1 aromatic heterocycles. The van der Waals surface area contributed by atoms with Gasteiger partial charge < -0.3 is 0 Å². The van der Waals surface area contributed by atoms with Crippen molar-refractivity contribution in [2.45, 2.75) is 6.61 Å². The third-order valence-electron chi connectivity index (χ3n) is 0.973. The predicted octanol–water partition coefficient (Wildman–Crippen LogP) is 1.32. The Bertz CT molecular complexity index is 171. The highest BCUT2D eigenvalue weighted by atomic mass is 35.5. The van der Waals surface area contributed by atoms with Crippen LogP contribution in [0.25, 0.3) is 0 Å². The third kappa shape index (κ3) is 4.98. The predicted molar refractivity (Wildman–Crippen MR) is 47.7 cm³/mol. The molecule has 0 aliphatic carbocycles. The van der Waals surface area contributed by atoms with Gasteiger partial charge in [-0.3, -0.25) is 9.82 Å². The SMILES string of the molecule is Cl.Cl.NOCc1cccnc1. The van der Waals surface area contributed by atoms with E-state index in [-0.39, 0.29) is 24.8 Å². The van der Waals surface area contributed by atoms with Crippen LogP contribution >= 0.6 is 24.8 Å². The molecule has 1 heterocycles. The van der Waals surface area contributed by atoms with Crippen LogP contribution in [0.2, 0.25) is 0 Å². The molecule has 0 saturated carbocycles. The summed E-state index contributed by atoms with van der Waals surface area (Å²) in [6, 6.07) is 3.74. The summed E-state index contributed by atoms with van der Waals surface area (Å²) in [7, 11) is 0. The Morgan fingerprint density at radius 3 is 2.64 bits per heavy atom. The van der Waals surface area contributed by atoms with Crippen LogP contribution in [0.1, 0.15) is 5.56 Å². The zero-order chi connectivity index (χ0) is 6.53. The molecule has 0 spiro atoms. The van der Waals surface area contributed by atoms with Crippen LogP contribution in [-0.4, -0.2) is 4.98 Å². The van der Waals surface area contributed by atoms with E-state index in [2.05, 4.69) is 9.82 Å². The zero-order valence-corrected chi connectivity index (χ0v) is 7.40. The molecule has 0 aliphatic rings. The van der Waals surface area contributed by atoms with Crippen molar-refractivity contribution < 1.29 is 4.84 Å². The molecular weight excluding hydrogens is 187 g/mol. The topological polar surface area (TPSA) is 48.1 Å². The van der Waals surface area contributed by atoms with E-state index in [9.17, 15) is 0 Å². The molecule has 0 unspecified atom stereocenters. The Balaban J connectivity index is 0. The minimum absolute atomic E-state index is 0. The van der Waals surface area contributed by atoms with Crippen LogP contribution in [0.4, 0.5) is 0 Å². The van der Waals surface area contributed by atoms with Gasteiger partial charge in [-0.1, -0.05) is 6.07 Å². The molecule has 0 fully saturated rings. The van der Waals surface area contributed by atoms with Gasteiger partial charge in [-0.25, -0.2) is 5.90 Å². The van der Waals surface area contributed by atoms with Crippen LogP contribution in [0.5, 0.6) is 0 Å². The lowest BCUT2D eigenvalue weighted by atomic mass is 10.3. The van der Waals surface area contributed by atoms with E-state index >= 15 is 0 Å². The summed E-state index contributed by atoms with van der Waals surface area (Å²) in [4.78, 5) is 8.26. The van der Waals surface area contributed by atoms with E-state index < -0.39 is 0 Å². The van der Waals surface area contributed by atoms with Crippen molar-refractivity contribution in [3.8, 4) is 0 Å². The highest BCUT2D eigenvalue weighted by Gasteiger charge is 1.86. The molecule has 11 heavy (non-hydrogen) atoms. The number of halogens is 2. The number of hydrogen-bond acceptors (Lipinski definition) is 3. The Morgan fingerprint density at radius 1 is 1.45 bits per heavy atom. The number of nitrogens with two attached hydrogens (primary N) is 1. The van der Waals surface area contributed by atoms with Gasteiger partial charge in [-0.15, -0.1) is 24.8 Å². The number of aromatic nitrogens is 1. The van der Waals surface area contributed by atoms with E-state index in [4.69, 9.17) is 5.90 Å². The van der Waals surface area contributed by atoms with Crippen molar-refractivity contribution in [3.63, 3.8) is 0 Å². The highest BCUT2D eigenvalue weighted by molar-refractivity contribution is 5.85. The van der Waals surface area contributed by atoms with Crippen LogP contribution in [0.3, 0.4) is 0 Å². The summed E-state index contributed by atoms with van der Waals surface area (Å²) < 4.78 is 0. The smallest absolute Gasteiger partial charge is 0.0944 e. The maximum Gasteiger partial charge on any atom is 0.0944 e. The molecule has 1 aromatic rings. The molecule has 5 heteroatoms. The molecule has 3 nitrogen and oxygen atoms in total. The standard InChI is InChI=1S/C6H8N2O.2ClH/c7-9-5-6-2-1-3-8-4-6;;/h1-4H,5,7H2;2*1H. The molecule has 0 atom stereocenters. The number of hydrogen-bond donors (Lipinski definition) is 1. The lowest BCUT2D eigenvalue weighted by Gasteiger charge is -1.94. The molecule has 2 N–H and O–H groups in total. The molecule has 0 bridgehead atoms. The number of nitrogens with zero attached hydrogens (tertiary/aromatic N) is 1. The van der Waals surface area contributed by atoms with Crippen molar-refractivity contribution in [1.82, 2.24) is 4.98 Å². The third-order valence-corrected chi connectivity index (χ3v) is 0.973. The first kappa shape index (κ1) is 13.3. The van der Waals surface area contributed by atoms with Gasteiger partial charge >= 0.3 is 0 Å². The first-order valence-corrected chi connectivity index (χ1v) is 2.64. The average molecular weight is 197 g/mol. The molecule has 0 saturated heterocycles. The highest BCUT2D eigenvalue weighted by Crippen LogP contribution is 1.94. The van der Waals surface area contributed by atoms with E-state index in [1.54, 1.807) is 12.4 Å². The minimum atomic E-state index is 0. The van der Waals surface area contributed by atoms with Crippen LogP contribution in [-0.2, 0) is 11.4 Å². The van der Waals surface area contributed by atoms with Crippen molar-refractivity contribution in [2.75, 3.05) is 0 Å². The quantitative estimate of drug-likeness (QED) is 0.727. The van der Waals surface area contributed by atoms with E-state index in [0.29, 0.717) is 6.61 Å². The Kier molecular flexibility index (Phi) is 9.34. The average Bonchev–Trinajstić information content (AvgIpc) is 1.91. The van der Waals surface area contributed by atoms with Gasteiger partial charge in [0.1, 0.15) is 0 Å². The van der Waals surface area contributed by atoms with Crippen LogP contribution < -0.4 is 5.90 Å². The lowest BCUT2D eigenvalue weighted by molar-refractivity contribution is 0.124. The summed E-state index contributed by atoms with van der Waals surface area (Å²) in [5.74, 6) is 4.83. The van der Waals surface area contributed by atoms with Gasteiger partial charge in [0.15, 0.2) is 0 Å². The van der Waals surface area contributed by atoms with Gasteiger partial charge in [0.25, 0.3) is 0 Å². The van der Waals surface area contributed by atoms with Gasteiger partial charge in [-0.2, -0.15) is 0 Å². The van der Waals surface area contributed by atoms with Crippen LogP contribution in [0.15, 0.2) is 24.5 Å². The maximum atomic E-state index is 4.83. The lowest BCUT2D eigenvalue weighted by Crippen LogP contribution is -1.98. The van der Waals surface area contributed by atoms with Crippen molar-refractivity contribution in [1.29, 1.82) is 0 Å². The van der Waals surface area contributed by atoms with E-state index in [1.165, 1.54) is 0 Å². The Morgan fingerprint density at radius 2 is 2.18 bits per heavy atom. The molecule has 0 radical (unpaired) electrons. The van der Waals surface area contributed by atoms with Gasteiger partial charge in [0.2, 0.25) is 0 Å². The second kappa shape index (κ2) is 7.75. The summed E-state index contributed by atoms with van der Waals surface area (Å²) >= 11 is 0. The van der Waals surface area contributed by atoms with Gasteiger partial charge in [0, 0.05) is 12.4 Å². The fraction of sp³-hybridized carbons (Fsp3) is 0.167. The fourth-order valence-corrected chi connectivity index (χ4v) is 0.580. The van der Waals surface area contributed by atoms with Crippen molar-refractivity contribution in [3.05, 3.63) is 30.1 Å². The molecule has 0 aliphatic heterocycles. The summed E-state index contributed by atoms with van der Waals surface area (Å²) in [5, 5.41) is 0. The van der Waals surface area contributed by atoms with Gasteiger partial charge in [-0.05, 0) is 11.6 Å². The van der Waals surface area contributed by atoms with Crippen LogP contribution in [0, 0.1) is 0 Å². The molecule has 0 amide bonds. The summed E-state index contributed by atoms with van der Waals surface area (Å²) in [6.07, 6.45) is 3.42. The zero-order valence-electron chi connectivity index (χ0n) is 5.77. The normalized spacial score (nSPS) is 7.73. The van der Waals surface area contributed by atoms with E-state index in [0.717, 1.165) is 5.56 Å².